The summed E-state index contributed by atoms with van der Waals surface area (Å²) in [5.74, 6) is 2.40. The molecule has 0 bridgehead atoms. The minimum atomic E-state index is -1.50. The van der Waals surface area contributed by atoms with Gasteiger partial charge in [0.1, 0.15) is 19.7 Å². The van der Waals surface area contributed by atoms with Gasteiger partial charge in [-0.25, -0.2) is 9.38 Å². The van der Waals surface area contributed by atoms with Gasteiger partial charge in [-0.3, -0.25) is 5.73 Å². The average molecular weight is 345 g/mol. The van der Waals surface area contributed by atoms with Crippen LogP contribution in [0.3, 0.4) is 0 Å². The van der Waals surface area contributed by atoms with Gasteiger partial charge in [0, 0.05) is 18.3 Å². The number of rotatable bonds is 4. The van der Waals surface area contributed by atoms with Crippen molar-refractivity contribution in [3.8, 4) is 11.5 Å². The summed E-state index contributed by atoms with van der Waals surface area (Å²) in [5.41, 5.74) is 11.0. The molecule has 0 saturated heterocycles. The largest absolute Gasteiger partial charge is 0.371 e. The first kappa shape index (κ1) is 18.2. The van der Waals surface area contributed by atoms with Crippen LogP contribution in [0.4, 0.5) is 4.39 Å². The third kappa shape index (κ3) is 4.70. The van der Waals surface area contributed by atoms with Crippen molar-refractivity contribution in [2.45, 2.75) is 38.8 Å². The van der Waals surface area contributed by atoms with Gasteiger partial charge in [0.05, 0.1) is 5.57 Å². The highest BCUT2D eigenvalue weighted by Crippen LogP contribution is 2.22. The number of hydrogen-bond acceptors (Lipinski definition) is 4. The molecule has 1 aliphatic heterocycles. The molecule has 0 aliphatic carbocycles. The minimum Gasteiger partial charge on any atom is -0.371 e. The van der Waals surface area contributed by atoms with Crippen molar-refractivity contribution in [3.63, 3.8) is 0 Å². The fourth-order valence-corrected chi connectivity index (χ4v) is 2.64. The van der Waals surface area contributed by atoms with Crippen LogP contribution in [0.15, 0.2) is 40.7 Å². The van der Waals surface area contributed by atoms with Crippen molar-refractivity contribution < 1.29 is 4.39 Å². The summed E-state index contributed by atoms with van der Waals surface area (Å²) in [7, 11) is -1.50. The molecule has 1 aliphatic rings. The summed E-state index contributed by atoms with van der Waals surface area (Å²) < 4.78 is 13.5. The van der Waals surface area contributed by atoms with E-state index >= 15 is 0 Å². The summed E-state index contributed by atoms with van der Waals surface area (Å²) in [6.45, 7) is 9.43. The van der Waals surface area contributed by atoms with E-state index < -0.39 is 13.9 Å². The second kappa shape index (κ2) is 7.20. The number of halogens is 1. The summed E-state index contributed by atoms with van der Waals surface area (Å²) in [6, 6.07) is 6.15. The van der Waals surface area contributed by atoms with Crippen LogP contribution in [0, 0.1) is 17.3 Å². The predicted octanol–water partition coefficient (Wildman–Crippen LogP) is 2.66. The molecule has 24 heavy (non-hydrogen) atoms. The smallest absolute Gasteiger partial charge is 0.210 e. The third-order valence-corrected chi connectivity index (χ3v) is 4.25. The van der Waals surface area contributed by atoms with E-state index in [-0.39, 0.29) is 5.82 Å². The molecule has 1 atom stereocenters. The van der Waals surface area contributed by atoms with E-state index in [0.717, 1.165) is 24.4 Å². The highest BCUT2D eigenvalue weighted by atomic mass is 28.3. The van der Waals surface area contributed by atoms with Gasteiger partial charge >= 0.3 is 0 Å². The standard InChI is InChI=1S/C18H25FN4Si/c1-5-10-21-17-14(9-11-24(2,3)4)13-22-18(20,23-17)15-7-6-8-16(19)12-15/h6-8,12-13,21,23H,5,10,20H2,1-4H3. The number of nitrogens with zero attached hydrogens (tertiary/aromatic N) is 1. The van der Waals surface area contributed by atoms with Crippen molar-refractivity contribution in [1.29, 1.82) is 0 Å². The number of nitrogens with one attached hydrogen (secondary N) is 2. The van der Waals surface area contributed by atoms with Crippen LogP contribution in [0.2, 0.25) is 19.6 Å². The summed E-state index contributed by atoms with van der Waals surface area (Å²) in [5, 5.41) is 6.50. The van der Waals surface area contributed by atoms with Crippen LogP contribution in [-0.2, 0) is 5.79 Å². The Hall–Kier alpha value is -2.10. The lowest BCUT2D eigenvalue weighted by Gasteiger charge is -2.33. The molecule has 4 nitrogen and oxygen atoms in total. The highest BCUT2D eigenvalue weighted by molar-refractivity contribution is 6.83. The van der Waals surface area contributed by atoms with Gasteiger partial charge in [-0.05, 0) is 18.6 Å². The molecule has 1 aromatic carbocycles. The quantitative estimate of drug-likeness (QED) is 0.581. The Morgan fingerprint density at radius 2 is 2.12 bits per heavy atom. The lowest BCUT2D eigenvalue weighted by atomic mass is 10.1. The van der Waals surface area contributed by atoms with Gasteiger partial charge in [-0.1, -0.05) is 44.6 Å². The monoisotopic (exact) mass is 344 g/mol. The molecule has 128 valence electrons. The number of hydrogen-bond donors (Lipinski definition) is 3. The Kier molecular flexibility index (Phi) is 5.47. The normalized spacial score (nSPS) is 20.2. The highest BCUT2D eigenvalue weighted by Gasteiger charge is 2.30. The first-order chi connectivity index (χ1) is 11.2. The summed E-state index contributed by atoms with van der Waals surface area (Å²) in [6.07, 6.45) is 2.64. The van der Waals surface area contributed by atoms with Crippen molar-refractivity contribution in [2.24, 2.45) is 10.7 Å². The molecule has 1 unspecified atom stereocenters. The Labute approximate surface area is 144 Å². The van der Waals surface area contributed by atoms with E-state index in [1.807, 2.05) is 0 Å². The number of benzene rings is 1. The number of aliphatic imine (C=N–C) groups is 1. The Balaban J connectivity index is 2.36. The van der Waals surface area contributed by atoms with Gasteiger partial charge in [0.15, 0.2) is 0 Å². The molecular formula is C18H25FN4Si. The molecule has 1 heterocycles. The summed E-state index contributed by atoms with van der Waals surface area (Å²) in [4.78, 5) is 4.40. The Bertz CT molecular complexity index is 725. The maximum absolute atomic E-state index is 13.5. The van der Waals surface area contributed by atoms with Crippen molar-refractivity contribution in [2.75, 3.05) is 6.54 Å². The fourth-order valence-electron chi connectivity index (χ4n) is 2.13. The molecule has 0 aromatic heterocycles. The number of nitrogens with two attached hydrogens (primary N) is 1. The second-order valence-electron chi connectivity index (χ2n) is 6.88. The van der Waals surface area contributed by atoms with Crippen molar-refractivity contribution in [1.82, 2.24) is 10.6 Å². The van der Waals surface area contributed by atoms with Crippen molar-refractivity contribution >= 4 is 14.3 Å². The lowest BCUT2D eigenvalue weighted by molar-refractivity contribution is 0.378. The predicted molar refractivity (Wildman–Crippen MR) is 100 cm³/mol. The molecule has 0 amide bonds. The maximum atomic E-state index is 13.5. The molecule has 0 fully saturated rings. The zero-order valence-corrected chi connectivity index (χ0v) is 15.7. The van der Waals surface area contributed by atoms with Gasteiger partial charge in [-0.2, -0.15) is 0 Å². The van der Waals surface area contributed by atoms with E-state index in [1.54, 1.807) is 18.3 Å². The maximum Gasteiger partial charge on any atom is 0.210 e. The molecule has 6 heteroatoms. The molecule has 2 rings (SSSR count). The molecule has 0 saturated carbocycles. The SMILES string of the molecule is CCCNC1=C(C#C[Si](C)(C)C)C=NC(N)(c2cccc(F)c2)N1. The molecule has 1 aromatic rings. The molecular weight excluding hydrogens is 319 g/mol. The lowest BCUT2D eigenvalue weighted by Crippen LogP contribution is -2.53. The first-order valence-electron chi connectivity index (χ1n) is 8.13. The average Bonchev–Trinajstić information content (AvgIpc) is 2.51. The Morgan fingerprint density at radius 3 is 2.75 bits per heavy atom. The van der Waals surface area contributed by atoms with E-state index in [2.05, 4.69) is 53.7 Å². The topological polar surface area (TPSA) is 62.4 Å². The van der Waals surface area contributed by atoms with E-state index in [1.165, 1.54) is 12.1 Å². The molecule has 0 radical (unpaired) electrons. The van der Waals surface area contributed by atoms with E-state index in [9.17, 15) is 4.39 Å². The molecule has 4 N–H and O–H groups in total. The van der Waals surface area contributed by atoms with Gasteiger partial charge in [-0.15, -0.1) is 5.54 Å². The van der Waals surface area contributed by atoms with E-state index in [4.69, 9.17) is 5.73 Å². The van der Waals surface area contributed by atoms with Crippen LogP contribution >= 0.6 is 0 Å². The second-order valence-corrected chi connectivity index (χ2v) is 11.6. The third-order valence-electron chi connectivity index (χ3n) is 3.37. The van der Waals surface area contributed by atoms with Crippen LogP contribution in [0.5, 0.6) is 0 Å². The van der Waals surface area contributed by atoms with Crippen LogP contribution in [0.1, 0.15) is 18.9 Å². The van der Waals surface area contributed by atoms with E-state index in [0.29, 0.717) is 5.56 Å². The van der Waals surface area contributed by atoms with Crippen LogP contribution < -0.4 is 16.4 Å². The molecule has 0 spiro atoms. The van der Waals surface area contributed by atoms with Crippen molar-refractivity contribution in [3.05, 3.63) is 47.0 Å². The van der Waals surface area contributed by atoms with Gasteiger partial charge < -0.3 is 10.6 Å². The zero-order chi connectivity index (χ0) is 17.8. The van der Waals surface area contributed by atoms with Crippen LogP contribution in [0.25, 0.3) is 0 Å². The zero-order valence-electron chi connectivity index (χ0n) is 14.7. The first-order valence-corrected chi connectivity index (χ1v) is 11.6. The van der Waals surface area contributed by atoms with Crippen LogP contribution in [-0.4, -0.2) is 20.8 Å². The fraction of sp³-hybridized carbons (Fsp3) is 0.389. The van der Waals surface area contributed by atoms with Gasteiger partial charge in [0.25, 0.3) is 0 Å². The number of allylic oxidation sites excluding steroid dienone is 1. The van der Waals surface area contributed by atoms with Gasteiger partial charge in [0.2, 0.25) is 5.79 Å². The Morgan fingerprint density at radius 1 is 1.38 bits per heavy atom. The minimum absolute atomic E-state index is 0.342. The summed E-state index contributed by atoms with van der Waals surface area (Å²) >= 11 is 0.